The van der Waals surface area contributed by atoms with Crippen LogP contribution in [0, 0.1) is 0 Å². The van der Waals surface area contributed by atoms with Crippen LogP contribution in [-0.2, 0) is 25.6 Å². The minimum absolute atomic E-state index is 0.0253. The van der Waals surface area contributed by atoms with E-state index in [-0.39, 0.29) is 12.2 Å². The summed E-state index contributed by atoms with van der Waals surface area (Å²) in [6.45, 7) is 1.54. The van der Waals surface area contributed by atoms with Crippen molar-refractivity contribution in [2.75, 3.05) is 6.61 Å². The Morgan fingerprint density at radius 1 is 0.879 bits per heavy atom. The zero-order valence-electron chi connectivity index (χ0n) is 18.1. The summed E-state index contributed by atoms with van der Waals surface area (Å²) >= 11 is 0. The number of hydrogen-bond acceptors (Lipinski definition) is 9. The van der Waals surface area contributed by atoms with Gasteiger partial charge in [0, 0.05) is 6.42 Å². The second-order valence-electron chi connectivity index (χ2n) is 7.51. The average molecular weight is 470 g/mol. The number of carboxylic acid groups (broad SMARTS) is 1. The van der Waals surface area contributed by atoms with Crippen LogP contribution in [0.5, 0.6) is 5.75 Å². The molecule has 10 N–H and O–H groups in total. The van der Waals surface area contributed by atoms with E-state index >= 15 is 0 Å². The number of phenolic OH excluding ortho intramolecular Hbond substituents is 1. The Morgan fingerprint density at radius 3 is 1.88 bits per heavy atom. The van der Waals surface area contributed by atoms with E-state index in [0.29, 0.717) is 5.56 Å². The monoisotopic (exact) mass is 470 g/mol. The second kappa shape index (κ2) is 12.7. The Kier molecular flexibility index (Phi) is 10.7. The van der Waals surface area contributed by atoms with E-state index in [0.717, 1.165) is 0 Å². The van der Waals surface area contributed by atoms with Gasteiger partial charge in [0.1, 0.15) is 29.9 Å². The zero-order valence-corrected chi connectivity index (χ0v) is 18.1. The summed E-state index contributed by atoms with van der Waals surface area (Å²) in [5.74, 6) is -4.39. The summed E-state index contributed by atoms with van der Waals surface area (Å²) < 4.78 is 0. The molecule has 0 spiro atoms. The summed E-state index contributed by atoms with van der Waals surface area (Å²) in [6, 6.07) is -0.225. The standard InChI is InChI=1S/C20H30N4O9/c1-9(26)15(21)18(30)22-13(7-11-3-5-12(28)6-4-11)17(29)24-16(10(2)27)19(31)23-14(8-25)20(32)33/h3-6,9-10,13-16,25-28H,7-8,21H2,1-2H3,(H,22,30)(H,23,31)(H,24,29)(H,32,33). The molecule has 1 aromatic rings. The number of aliphatic hydroxyl groups excluding tert-OH is 3. The summed E-state index contributed by atoms with van der Waals surface area (Å²) in [6.07, 6.45) is -2.79. The number of carboxylic acids is 1. The lowest BCUT2D eigenvalue weighted by Crippen LogP contribution is -2.61. The zero-order chi connectivity index (χ0) is 25.3. The molecule has 6 unspecified atom stereocenters. The second-order valence-corrected chi connectivity index (χ2v) is 7.51. The highest BCUT2D eigenvalue weighted by molar-refractivity contribution is 5.94. The van der Waals surface area contributed by atoms with Gasteiger partial charge in [-0.2, -0.15) is 0 Å². The molecule has 3 amide bonds. The van der Waals surface area contributed by atoms with E-state index in [1.54, 1.807) is 0 Å². The molecule has 6 atom stereocenters. The van der Waals surface area contributed by atoms with Gasteiger partial charge in [-0.25, -0.2) is 4.79 Å². The Hall–Kier alpha value is -3.26. The van der Waals surface area contributed by atoms with E-state index in [1.165, 1.54) is 38.1 Å². The highest BCUT2D eigenvalue weighted by atomic mass is 16.4. The van der Waals surface area contributed by atoms with Gasteiger partial charge in [-0.05, 0) is 31.5 Å². The number of nitrogens with two attached hydrogens (primary N) is 1. The molecule has 0 saturated carbocycles. The van der Waals surface area contributed by atoms with Crippen LogP contribution >= 0.6 is 0 Å². The summed E-state index contributed by atoms with van der Waals surface area (Å²) in [7, 11) is 0. The van der Waals surface area contributed by atoms with Crippen molar-refractivity contribution in [2.24, 2.45) is 5.73 Å². The van der Waals surface area contributed by atoms with Crippen molar-refractivity contribution in [3.63, 3.8) is 0 Å². The molecule has 0 aliphatic rings. The first-order valence-electron chi connectivity index (χ1n) is 10.0. The van der Waals surface area contributed by atoms with Gasteiger partial charge in [0.25, 0.3) is 0 Å². The van der Waals surface area contributed by atoms with Gasteiger partial charge in [-0.3, -0.25) is 14.4 Å². The maximum absolute atomic E-state index is 12.9. The number of aliphatic carboxylic acids is 1. The van der Waals surface area contributed by atoms with E-state index < -0.39 is 66.7 Å². The van der Waals surface area contributed by atoms with Crippen LogP contribution in [0.15, 0.2) is 24.3 Å². The Morgan fingerprint density at radius 2 is 1.42 bits per heavy atom. The number of hydrogen-bond donors (Lipinski definition) is 9. The van der Waals surface area contributed by atoms with Crippen molar-refractivity contribution in [2.45, 2.75) is 56.6 Å². The first-order valence-corrected chi connectivity index (χ1v) is 10.0. The van der Waals surface area contributed by atoms with Crippen molar-refractivity contribution < 1.29 is 44.7 Å². The third kappa shape index (κ3) is 8.65. The van der Waals surface area contributed by atoms with Crippen molar-refractivity contribution >= 4 is 23.7 Å². The van der Waals surface area contributed by atoms with E-state index in [2.05, 4.69) is 10.6 Å². The van der Waals surface area contributed by atoms with Gasteiger partial charge < -0.3 is 47.2 Å². The molecule has 0 aromatic heterocycles. The fraction of sp³-hybridized carbons (Fsp3) is 0.500. The number of rotatable bonds is 12. The Labute approximate surface area is 189 Å². The maximum atomic E-state index is 12.9. The van der Waals surface area contributed by atoms with Gasteiger partial charge in [0.05, 0.1) is 18.8 Å². The lowest BCUT2D eigenvalue weighted by molar-refractivity contribution is -0.144. The molecule has 0 heterocycles. The molecule has 13 heteroatoms. The molecular formula is C20H30N4O9. The van der Waals surface area contributed by atoms with Crippen molar-refractivity contribution in [1.29, 1.82) is 0 Å². The van der Waals surface area contributed by atoms with Gasteiger partial charge >= 0.3 is 5.97 Å². The number of carbonyl (C=O) groups is 4. The lowest BCUT2D eigenvalue weighted by atomic mass is 10.0. The van der Waals surface area contributed by atoms with Gasteiger partial charge in [-0.1, -0.05) is 12.1 Å². The van der Waals surface area contributed by atoms with Crippen LogP contribution in [0.4, 0.5) is 0 Å². The quantitative estimate of drug-likeness (QED) is 0.147. The van der Waals surface area contributed by atoms with E-state index in [1.807, 2.05) is 5.32 Å². The fourth-order valence-corrected chi connectivity index (χ4v) is 2.67. The fourth-order valence-electron chi connectivity index (χ4n) is 2.67. The van der Waals surface area contributed by atoms with Crippen LogP contribution in [0.1, 0.15) is 19.4 Å². The number of nitrogens with one attached hydrogen (secondary N) is 3. The molecule has 1 rings (SSSR count). The molecular weight excluding hydrogens is 440 g/mol. The smallest absolute Gasteiger partial charge is 0.328 e. The summed E-state index contributed by atoms with van der Waals surface area (Å²) in [5, 5.41) is 53.6. The first kappa shape index (κ1) is 27.8. The number of carbonyl (C=O) groups excluding carboxylic acids is 3. The third-order valence-corrected chi connectivity index (χ3v) is 4.69. The number of amides is 3. The number of benzene rings is 1. The van der Waals surface area contributed by atoms with Gasteiger partial charge in [-0.15, -0.1) is 0 Å². The Bertz CT molecular complexity index is 829. The lowest BCUT2D eigenvalue weighted by Gasteiger charge is -2.26. The van der Waals surface area contributed by atoms with Gasteiger partial charge in [0.2, 0.25) is 17.7 Å². The number of aromatic hydroxyl groups is 1. The first-order chi connectivity index (χ1) is 15.4. The molecule has 1 aromatic carbocycles. The number of aliphatic hydroxyl groups is 3. The molecule has 33 heavy (non-hydrogen) atoms. The summed E-state index contributed by atoms with van der Waals surface area (Å²) in [5.41, 5.74) is 6.12. The SMILES string of the molecule is CC(O)C(N)C(=O)NC(Cc1ccc(O)cc1)C(=O)NC(C(=O)NC(CO)C(=O)O)C(C)O. The summed E-state index contributed by atoms with van der Waals surface area (Å²) in [4.78, 5) is 48.7. The highest BCUT2D eigenvalue weighted by Crippen LogP contribution is 2.12. The predicted molar refractivity (Wildman–Crippen MR) is 114 cm³/mol. The normalized spacial score (nSPS) is 16.4. The van der Waals surface area contributed by atoms with E-state index in [4.69, 9.17) is 15.9 Å². The van der Waals surface area contributed by atoms with Crippen LogP contribution in [0.3, 0.4) is 0 Å². The maximum Gasteiger partial charge on any atom is 0.328 e. The molecule has 0 aliphatic heterocycles. The average Bonchev–Trinajstić information content (AvgIpc) is 2.75. The van der Waals surface area contributed by atoms with Gasteiger partial charge in [0.15, 0.2) is 0 Å². The predicted octanol–water partition coefficient (Wildman–Crippen LogP) is -3.45. The van der Waals surface area contributed by atoms with Crippen molar-refractivity contribution in [1.82, 2.24) is 16.0 Å². The largest absolute Gasteiger partial charge is 0.508 e. The van der Waals surface area contributed by atoms with E-state index in [9.17, 15) is 34.5 Å². The molecule has 0 radical (unpaired) electrons. The molecule has 0 saturated heterocycles. The van der Waals surface area contributed by atoms with Crippen LogP contribution in [0.2, 0.25) is 0 Å². The minimum Gasteiger partial charge on any atom is -0.508 e. The molecule has 0 aliphatic carbocycles. The number of phenols is 1. The minimum atomic E-state index is -1.66. The Balaban J connectivity index is 3.09. The molecule has 184 valence electrons. The van der Waals surface area contributed by atoms with Crippen molar-refractivity contribution in [3.05, 3.63) is 29.8 Å². The molecule has 0 fully saturated rings. The van der Waals surface area contributed by atoms with Crippen LogP contribution in [-0.4, -0.2) is 92.2 Å². The van der Waals surface area contributed by atoms with Crippen molar-refractivity contribution in [3.8, 4) is 5.75 Å². The highest BCUT2D eigenvalue weighted by Gasteiger charge is 2.33. The molecule has 13 nitrogen and oxygen atoms in total. The molecule has 0 bridgehead atoms. The van der Waals surface area contributed by atoms with Crippen LogP contribution in [0.25, 0.3) is 0 Å². The topological polar surface area (TPSA) is 232 Å². The third-order valence-electron chi connectivity index (χ3n) is 4.69. The van der Waals surface area contributed by atoms with Crippen LogP contribution < -0.4 is 21.7 Å².